The zero-order valence-corrected chi connectivity index (χ0v) is 11.8. The van der Waals surface area contributed by atoms with Crippen LogP contribution in [0.2, 0.25) is 0 Å². The molecule has 0 amide bonds. The third-order valence-electron chi connectivity index (χ3n) is 4.27. The molecular formula is C18H15NO2. The Morgan fingerprint density at radius 3 is 2.86 bits per heavy atom. The molecule has 2 aliphatic rings. The minimum atomic E-state index is -1.15. The topological polar surface area (TPSA) is 61.1 Å². The van der Waals surface area contributed by atoms with Crippen LogP contribution in [0.15, 0.2) is 53.1 Å². The van der Waals surface area contributed by atoms with E-state index in [1.807, 2.05) is 24.3 Å². The summed E-state index contributed by atoms with van der Waals surface area (Å²) < 4.78 is 0. The van der Waals surface area contributed by atoms with Gasteiger partial charge in [-0.15, -0.1) is 0 Å². The number of nitriles is 1. The lowest BCUT2D eigenvalue weighted by molar-refractivity contribution is -0.132. The summed E-state index contributed by atoms with van der Waals surface area (Å²) >= 11 is 0. The van der Waals surface area contributed by atoms with Crippen molar-refractivity contribution in [2.24, 2.45) is 0 Å². The molecule has 1 atom stereocenters. The lowest BCUT2D eigenvalue weighted by Crippen LogP contribution is -2.08. The highest BCUT2D eigenvalue weighted by Crippen LogP contribution is 2.49. The normalized spacial score (nSPS) is 20.5. The molecular weight excluding hydrogens is 262 g/mol. The Morgan fingerprint density at radius 1 is 1.38 bits per heavy atom. The Hall–Kier alpha value is -2.60. The molecule has 1 aromatic carbocycles. The number of rotatable bonds is 2. The van der Waals surface area contributed by atoms with Gasteiger partial charge in [0.05, 0.1) is 0 Å². The van der Waals surface area contributed by atoms with Crippen LogP contribution < -0.4 is 0 Å². The Bertz CT molecular complexity index is 760. The molecule has 0 bridgehead atoms. The van der Waals surface area contributed by atoms with Gasteiger partial charge in [0.15, 0.2) is 0 Å². The van der Waals surface area contributed by atoms with E-state index in [9.17, 15) is 9.90 Å². The predicted molar refractivity (Wildman–Crippen MR) is 80.4 cm³/mol. The summed E-state index contributed by atoms with van der Waals surface area (Å²) in [4.78, 5) is 11.3. The largest absolute Gasteiger partial charge is 0.477 e. The zero-order valence-electron chi connectivity index (χ0n) is 11.8. The molecule has 3 rings (SSSR count). The summed E-state index contributed by atoms with van der Waals surface area (Å²) in [5.41, 5.74) is 5.22. The van der Waals surface area contributed by atoms with Gasteiger partial charge in [-0.1, -0.05) is 36.4 Å². The monoisotopic (exact) mass is 277 g/mol. The molecule has 2 aliphatic carbocycles. The van der Waals surface area contributed by atoms with Crippen molar-refractivity contribution in [2.75, 3.05) is 0 Å². The molecule has 0 radical (unpaired) electrons. The van der Waals surface area contributed by atoms with E-state index in [2.05, 4.69) is 18.2 Å². The molecule has 0 aromatic heterocycles. The summed E-state index contributed by atoms with van der Waals surface area (Å²) in [7, 11) is 0. The first kappa shape index (κ1) is 13.4. The maximum Gasteiger partial charge on any atom is 0.346 e. The molecule has 0 fully saturated rings. The second kappa shape index (κ2) is 5.06. The number of carboxylic acid groups (broad SMARTS) is 1. The average molecular weight is 277 g/mol. The van der Waals surface area contributed by atoms with Gasteiger partial charge in [0, 0.05) is 5.92 Å². The van der Waals surface area contributed by atoms with Crippen LogP contribution in [0.25, 0.3) is 5.57 Å². The van der Waals surface area contributed by atoms with Crippen molar-refractivity contribution in [3.8, 4) is 6.07 Å². The number of nitrogens with zero attached hydrogens (tertiary/aromatic N) is 1. The van der Waals surface area contributed by atoms with Crippen LogP contribution in [0, 0.1) is 11.3 Å². The van der Waals surface area contributed by atoms with Crippen LogP contribution in [0.5, 0.6) is 0 Å². The smallest absolute Gasteiger partial charge is 0.346 e. The van der Waals surface area contributed by atoms with Crippen LogP contribution >= 0.6 is 0 Å². The number of benzene rings is 1. The minimum Gasteiger partial charge on any atom is -0.477 e. The fraction of sp³-hybridized carbons (Fsp3) is 0.222. The summed E-state index contributed by atoms with van der Waals surface area (Å²) in [5.74, 6) is -1.26. The van der Waals surface area contributed by atoms with Crippen molar-refractivity contribution in [3.05, 3.63) is 64.3 Å². The Balaban J connectivity index is 2.23. The fourth-order valence-electron chi connectivity index (χ4n) is 3.35. The standard InChI is InChI=1S/C18H15NO2/c1-11(16(10-19)18(20)21)17-14-8-4-2-6-12(14)13-7-3-5-9-15(13)17/h2,4-6,8-9,17H,3,7H2,1H3,(H,20,21)/b16-11-. The molecule has 1 N–H and O–H groups in total. The third-order valence-corrected chi connectivity index (χ3v) is 4.27. The predicted octanol–water partition coefficient (Wildman–Crippen LogP) is 3.81. The van der Waals surface area contributed by atoms with Crippen molar-refractivity contribution in [1.82, 2.24) is 0 Å². The molecule has 0 aliphatic heterocycles. The molecule has 3 heteroatoms. The number of carbonyl (C=O) groups is 1. The van der Waals surface area contributed by atoms with Gasteiger partial charge in [-0.3, -0.25) is 0 Å². The first-order valence-electron chi connectivity index (χ1n) is 6.98. The van der Waals surface area contributed by atoms with Gasteiger partial charge in [0.25, 0.3) is 0 Å². The molecule has 0 heterocycles. The number of allylic oxidation sites excluding steroid dienone is 5. The van der Waals surface area contributed by atoms with Crippen molar-refractivity contribution >= 4 is 11.5 Å². The van der Waals surface area contributed by atoms with Crippen molar-refractivity contribution < 1.29 is 9.90 Å². The van der Waals surface area contributed by atoms with E-state index in [-0.39, 0.29) is 11.5 Å². The van der Waals surface area contributed by atoms with E-state index in [0.717, 1.165) is 24.0 Å². The summed E-state index contributed by atoms with van der Waals surface area (Å²) in [5, 5.41) is 18.4. The molecule has 104 valence electrons. The van der Waals surface area contributed by atoms with E-state index in [1.165, 1.54) is 11.1 Å². The highest BCUT2D eigenvalue weighted by atomic mass is 16.4. The first-order chi connectivity index (χ1) is 10.1. The molecule has 1 aromatic rings. The van der Waals surface area contributed by atoms with E-state index in [0.29, 0.717) is 5.57 Å². The SMILES string of the molecule is C/C(=C(\C#N)C(=O)O)C1C2=C(CCC=C2)c2ccccc21. The average Bonchev–Trinajstić information content (AvgIpc) is 2.82. The van der Waals surface area contributed by atoms with Crippen LogP contribution in [0.4, 0.5) is 0 Å². The van der Waals surface area contributed by atoms with E-state index >= 15 is 0 Å². The molecule has 3 nitrogen and oxygen atoms in total. The quantitative estimate of drug-likeness (QED) is 0.660. The summed E-state index contributed by atoms with van der Waals surface area (Å²) in [6, 6.07) is 9.93. The van der Waals surface area contributed by atoms with Crippen LogP contribution in [0.3, 0.4) is 0 Å². The molecule has 0 spiro atoms. The van der Waals surface area contributed by atoms with Gasteiger partial charge in [-0.05, 0) is 47.6 Å². The zero-order chi connectivity index (χ0) is 15.0. The minimum absolute atomic E-state index is 0.113. The number of aliphatic carboxylic acids is 1. The third kappa shape index (κ3) is 2.00. The van der Waals surface area contributed by atoms with Gasteiger partial charge in [0.1, 0.15) is 11.6 Å². The van der Waals surface area contributed by atoms with Gasteiger partial charge < -0.3 is 5.11 Å². The molecule has 1 unspecified atom stereocenters. The fourth-order valence-corrected chi connectivity index (χ4v) is 3.35. The van der Waals surface area contributed by atoms with Gasteiger partial charge in [-0.25, -0.2) is 4.79 Å². The number of hydrogen-bond acceptors (Lipinski definition) is 2. The lowest BCUT2D eigenvalue weighted by atomic mass is 9.85. The maximum atomic E-state index is 11.3. The number of hydrogen-bond donors (Lipinski definition) is 1. The van der Waals surface area contributed by atoms with E-state index < -0.39 is 5.97 Å². The summed E-state index contributed by atoms with van der Waals surface area (Å²) in [6.45, 7) is 1.76. The van der Waals surface area contributed by atoms with Gasteiger partial charge >= 0.3 is 5.97 Å². The maximum absolute atomic E-state index is 11.3. The van der Waals surface area contributed by atoms with E-state index in [1.54, 1.807) is 6.92 Å². The second-order valence-electron chi connectivity index (χ2n) is 5.37. The summed E-state index contributed by atoms with van der Waals surface area (Å²) in [6.07, 6.45) is 6.19. The van der Waals surface area contributed by atoms with Crippen molar-refractivity contribution in [1.29, 1.82) is 5.26 Å². The number of fused-ring (bicyclic) bond motifs is 2. The Kier molecular flexibility index (Phi) is 3.23. The van der Waals surface area contributed by atoms with Crippen molar-refractivity contribution in [2.45, 2.75) is 25.7 Å². The van der Waals surface area contributed by atoms with Gasteiger partial charge in [0.2, 0.25) is 0 Å². The van der Waals surface area contributed by atoms with Crippen LogP contribution in [0.1, 0.15) is 36.8 Å². The van der Waals surface area contributed by atoms with Crippen LogP contribution in [-0.4, -0.2) is 11.1 Å². The molecule has 0 saturated carbocycles. The lowest BCUT2D eigenvalue weighted by Gasteiger charge is -2.18. The highest BCUT2D eigenvalue weighted by Gasteiger charge is 2.33. The molecule has 21 heavy (non-hydrogen) atoms. The Morgan fingerprint density at radius 2 is 2.14 bits per heavy atom. The van der Waals surface area contributed by atoms with E-state index in [4.69, 9.17) is 5.26 Å². The highest BCUT2D eigenvalue weighted by molar-refractivity contribution is 5.93. The second-order valence-corrected chi connectivity index (χ2v) is 5.37. The van der Waals surface area contributed by atoms with Gasteiger partial charge in [-0.2, -0.15) is 5.26 Å². The Labute approximate surface area is 123 Å². The first-order valence-corrected chi connectivity index (χ1v) is 6.98. The molecule has 0 saturated heterocycles. The number of carboxylic acids is 1. The van der Waals surface area contributed by atoms with Crippen LogP contribution in [-0.2, 0) is 4.79 Å². The van der Waals surface area contributed by atoms with Crippen molar-refractivity contribution in [3.63, 3.8) is 0 Å².